The van der Waals surface area contributed by atoms with Gasteiger partial charge < -0.3 is 14.7 Å². The highest BCUT2D eigenvalue weighted by molar-refractivity contribution is 6.01. The van der Waals surface area contributed by atoms with Crippen molar-refractivity contribution < 1.29 is 9.90 Å². The molecule has 0 radical (unpaired) electrons. The monoisotopic (exact) mass is 416 g/mol. The second-order valence-corrected chi connectivity index (χ2v) is 9.33. The molecule has 0 amide bonds. The minimum Gasteiger partial charge on any atom is -0.477 e. The molecule has 1 aromatic carbocycles. The lowest BCUT2D eigenvalue weighted by Crippen LogP contribution is -2.33. The summed E-state index contributed by atoms with van der Waals surface area (Å²) in [5, 5.41) is 15.2. The Balaban J connectivity index is 1.87. The van der Waals surface area contributed by atoms with Crippen LogP contribution in [0.4, 0.5) is 0 Å². The highest BCUT2D eigenvalue weighted by atomic mass is 16.4. The first-order chi connectivity index (χ1) is 14.6. The minimum absolute atomic E-state index is 0.000834. The van der Waals surface area contributed by atoms with Crippen molar-refractivity contribution in [2.75, 3.05) is 0 Å². The predicted molar refractivity (Wildman–Crippen MR) is 119 cm³/mol. The third-order valence-electron chi connectivity index (χ3n) is 6.26. The molecule has 7 nitrogen and oxygen atoms in total. The van der Waals surface area contributed by atoms with E-state index in [9.17, 15) is 14.7 Å². The SMILES string of the molecule is Cn1ccc(-c2cc3c(c4[nH]ccc24)C[C@@H](C(C)(C)C)n2cc(C(=O)O)c(=O)cc2-3)n1. The molecular formula is C24H24N4O3. The molecule has 0 bridgehead atoms. The summed E-state index contributed by atoms with van der Waals surface area (Å²) in [6, 6.07) is 7.58. The van der Waals surface area contributed by atoms with E-state index in [1.807, 2.05) is 30.1 Å². The van der Waals surface area contributed by atoms with E-state index in [2.05, 4.69) is 43.0 Å². The number of aryl methyl sites for hydroxylation is 1. The Kier molecular flexibility index (Phi) is 4.02. The number of carbonyl (C=O) groups is 1. The fourth-order valence-corrected chi connectivity index (χ4v) is 4.70. The number of fused-ring (bicyclic) bond motifs is 5. The molecule has 1 aliphatic rings. The maximum absolute atomic E-state index is 12.7. The third-order valence-corrected chi connectivity index (χ3v) is 6.26. The van der Waals surface area contributed by atoms with E-state index < -0.39 is 11.4 Å². The molecule has 3 aromatic heterocycles. The topological polar surface area (TPSA) is 92.9 Å². The van der Waals surface area contributed by atoms with Gasteiger partial charge in [0.25, 0.3) is 0 Å². The van der Waals surface area contributed by atoms with Gasteiger partial charge in [-0.25, -0.2) is 4.79 Å². The van der Waals surface area contributed by atoms with Crippen LogP contribution in [0, 0.1) is 5.41 Å². The zero-order chi connectivity index (χ0) is 22.1. The van der Waals surface area contributed by atoms with Crippen molar-refractivity contribution in [2.24, 2.45) is 12.5 Å². The number of benzene rings is 1. The van der Waals surface area contributed by atoms with Crippen molar-refractivity contribution in [3.05, 3.63) is 64.2 Å². The lowest BCUT2D eigenvalue weighted by molar-refractivity contribution is 0.0693. The third kappa shape index (κ3) is 2.91. The van der Waals surface area contributed by atoms with Gasteiger partial charge in [0, 0.05) is 54.3 Å². The number of nitrogens with zero attached hydrogens (tertiary/aromatic N) is 3. The number of carboxylic acids is 1. The van der Waals surface area contributed by atoms with E-state index in [0.717, 1.165) is 45.4 Å². The maximum Gasteiger partial charge on any atom is 0.341 e. The summed E-state index contributed by atoms with van der Waals surface area (Å²) < 4.78 is 3.74. The Morgan fingerprint density at radius 3 is 2.65 bits per heavy atom. The van der Waals surface area contributed by atoms with Crippen LogP contribution >= 0.6 is 0 Å². The van der Waals surface area contributed by atoms with Gasteiger partial charge in [0.15, 0.2) is 5.43 Å². The van der Waals surface area contributed by atoms with Crippen molar-refractivity contribution in [1.82, 2.24) is 19.3 Å². The molecule has 7 heteroatoms. The summed E-state index contributed by atoms with van der Waals surface area (Å²) in [7, 11) is 1.88. The number of aromatic amines is 1. The van der Waals surface area contributed by atoms with Crippen LogP contribution in [0.2, 0.25) is 0 Å². The van der Waals surface area contributed by atoms with E-state index in [0.29, 0.717) is 0 Å². The summed E-state index contributed by atoms with van der Waals surface area (Å²) in [5.41, 5.74) is 4.86. The van der Waals surface area contributed by atoms with Gasteiger partial charge in [0.05, 0.1) is 16.9 Å². The van der Waals surface area contributed by atoms with Crippen LogP contribution in [0.25, 0.3) is 33.4 Å². The number of rotatable bonds is 2. The number of aromatic carboxylic acids is 1. The number of hydrogen-bond donors (Lipinski definition) is 2. The molecule has 4 aromatic rings. The molecular weight excluding hydrogens is 392 g/mol. The predicted octanol–water partition coefficient (Wildman–Crippen LogP) is 4.24. The normalized spacial score (nSPS) is 15.7. The number of nitrogens with one attached hydrogen (secondary N) is 1. The molecule has 0 saturated heterocycles. The van der Waals surface area contributed by atoms with Crippen LogP contribution in [0.1, 0.15) is 42.7 Å². The first-order valence-corrected chi connectivity index (χ1v) is 10.3. The highest BCUT2D eigenvalue weighted by Crippen LogP contribution is 2.46. The summed E-state index contributed by atoms with van der Waals surface area (Å²) >= 11 is 0. The number of H-pyrrole nitrogens is 1. The second-order valence-electron chi connectivity index (χ2n) is 9.33. The second kappa shape index (κ2) is 6.44. The fourth-order valence-electron chi connectivity index (χ4n) is 4.70. The Morgan fingerprint density at radius 1 is 1.23 bits per heavy atom. The summed E-state index contributed by atoms with van der Waals surface area (Å²) in [6.07, 6.45) is 6.07. The Labute approximate surface area is 179 Å². The van der Waals surface area contributed by atoms with E-state index in [-0.39, 0.29) is 17.0 Å². The molecule has 4 heterocycles. The summed E-state index contributed by atoms with van der Waals surface area (Å²) in [6.45, 7) is 6.41. The van der Waals surface area contributed by atoms with E-state index in [1.54, 1.807) is 4.68 Å². The van der Waals surface area contributed by atoms with Gasteiger partial charge >= 0.3 is 5.97 Å². The van der Waals surface area contributed by atoms with Crippen LogP contribution < -0.4 is 5.43 Å². The smallest absolute Gasteiger partial charge is 0.341 e. The highest BCUT2D eigenvalue weighted by Gasteiger charge is 2.35. The van der Waals surface area contributed by atoms with Gasteiger partial charge in [-0.05, 0) is 35.6 Å². The molecule has 158 valence electrons. The van der Waals surface area contributed by atoms with Gasteiger partial charge in [-0.2, -0.15) is 5.10 Å². The molecule has 0 spiro atoms. The van der Waals surface area contributed by atoms with Gasteiger partial charge in [-0.1, -0.05) is 20.8 Å². The van der Waals surface area contributed by atoms with E-state index in [1.165, 1.54) is 12.3 Å². The number of carboxylic acid groups (broad SMARTS) is 1. The molecule has 0 aliphatic carbocycles. The quantitative estimate of drug-likeness (QED) is 0.511. The van der Waals surface area contributed by atoms with Gasteiger partial charge in [0.2, 0.25) is 0 Å². The Morgan fingerprint density at radius 2 is 2.00 bits per heavy atom. The lowest BCUT2D eigenvalue weighted by Gasteiger charge is -2.39. The minimum atomic E-state index is -1.20. The molecule has 31 heavy (non-hydrogen) atoms. The van der Waals surface area contributed by atoms with Gasteiger partial charge in [-0.3, -0.25) is 9.48 Å². The average Bonchev–Trinajstić information content (AvgIpc) is 3.34. The zero-order valence-electron chi connectivity index (χ0n) is 17.9. The Bertz CT molecular complexity index is 1420. The molecule has 0 saturated carbocycles. The standard InChI is InChI=1S/C24H24N4O3/c1-24(2,3)21-10-16-15(19-11-20(29)17(23(30)31)12-28(19)21)9-14(13-5-7-25-22(13)16)18-6-8-27(4)26-18/h5-9,11-12,21,25H,10H2,1-4H3,(H,30,31)/t21-/m0/s1. The van der Waals surface area contributed by atoms with Crippen molar-refractivity contribution in [1.29, 1.82) is 0 Å². The van der Waals surface area contributed by atoms with Crippen molar-refractivity contribution in [3.63, 3.8) is 0 Å². The first kappa shape index (κ1) is 19.4. The molecule has 0 unspecified atom stereocenters. The van der Waals surface area contributed by atoms with Crippen LogP contribution in [-0.2, 0) is 13.5 Å². The number of hydrogen-bond acceptors (Lipinski definition) is 3. The number of pyridine rings is 1. The van der Waals surface area contributed by atoms with Crippen LogP contribution in [0.5, 0.6) is 0 Å². The molecule has 5 rings (SSSR count). The fraction of sp³-hybridized carbons (Fsp3) is 0.292. The van der Waals surface area contributed by atoms with Crippen LogP contribution in [-0.4, -0.2) is 30.4 Å². The van der Waals surface area contributed by atoms with E-state index in [4.69, 9.17) is 0 Å². The molecule has 2 N–H and O–H groups in total. The Hall–Kier alpha value is -3.61. The summed E-state index contributed by atoms with van der Waals surface area (Å²) in [4.78, 5) is 27.7. The van der Waals surface area contributed by atoms with Crippen LogP contribution in [0.3, 0.4) is 0 Å². The van der Waals surface area contributed by atoms with Crippen molar-refractivity contribution in [2.45, 2.75) is 33.2 Å². The first-order valence-electron chi connectivity index (χ1n) is 10.3. The lowest BCUT2D eigenvalue weighted by atomic mass is 9.78. The van der Waals surface area contributed by atoms with Crippen molar-refractivity contribution in [3.8, 4) is 22.5 Å². The molecule has 1 atom stereocenters. The number of aromatic nitrogens is 4. The molecule has 1 aliphatic heterocycles. The largest absolute Gasteiger partial charge is 0.477 e. The van der Waals surface area contributed by atoms with Gasteiger partial charge in [-0.15, -0.1) is 0 Å². The van der Waals surface area contributed by atoms with Crippen LogP contribution in [0.15, 0.2) is 47.7 Å². The average molecular weight is 416 g/mol. The van der Waals surface area contributed by atoms with Gasteiger partial charge in [0.1, 0.15) is 5.56 Å². The molecule has 0 fully saturated rings. The van der Waals surface area contributed by atoms with Crippen molar-refractivity contribution >= 4 is 16.9 Å². The zero-order valence-corrected chi connectivity index (χ0v) is 17.9. The maximum atomic E-state index is 12.7. The summed E-state index contributed by atoms with van der Waals surface area (Å²) in [5.74, 6) is -1.20. The van der Waals surface area contributed by atoms with E-state index >= 15 is 0 Å².